The predicted octanol–water partition coefficient (Wildman–Crippen LogP) is 7.21. The summed E-state index contributed by atoms with van der Waals surface area (Å²) in [5.74, 6) is 3.82. The first-order chi connectivity index (χ1) is 26.9. The van der Waals surface area contributed by atoms with Gasteiger partial charge in [0.25, 0.3) is 0 Å². The van der Waals surface area contributed by atoms with Crippen molar-refractivity contribution in [2.24, 2.45) is 11.8 Å². The third-order valence-electron chi connectivity index (χ3n) is 12.4. The Labute approximate surface area is 328 Å². The number of aliphatic hydroxyl groups excluding tert-OH is 1. The third kappa shape index (κ3) is 8.42. The van der Waals surface area contributed by atoms with Crippen molar-refractivity contribution in [1.29, 1.82) is 0 Å². The first kappa shape index (κ1) is 39.3. The van der Waals surface area contributed by atoms with Crippen molar-refractivity contribution in [2.45, 2.75) is 127 Å². The number of phenolic OH excluding ortho intramolecular Hbond substituents is 2. The summed E-state index contributed by atoms with van der Waals surface area (Å²) < 4.78 is 12.0. The van der Waals surface area contributed by atoms with E-state index >= 15 is 0 Å². The van der Waals surface area contributed by atoms with Crippen LogP contribution in [0.1, 0.15) is 122 Å². The van der Waals surface area contributed by atoms with Gasteiger partial charge in [-0.15, -0.1) is 0 Å². The number of ether oxygens (including phenoxy) is 2. The van der Waals surface area contributed by atoms with Gasteiger partial charge in [0.2, 0.25) is 0 Å². The normalized spacial score (nSPS) is 27.4. The summed E-state index contributed by atoms with van der Waals surface area (Å²) in [4.78, 5) is 40.8. The number of phenols is 2. The number of ketones is 1. The second kappa shape index (κ2) is 16.7. The van der Waals surface area contributed by atoms with Crippen LogP contribution >= 0.6 is 0 Å². The Morgan fingerprint density at radius 1 is 0.893 bits per heavy atom. The molecule has 0 saturated heterocycles. The molecule has 0 unspecified atom stereocenters. The number of allylic oxidation sites excluding steroid dienone is 1. The van der Waals surface area contributed by atoms with Gasteiger partial charge in [0.1, 0.15) is 34.7 Å². The second-order valence-electron chi connectivity index (χ2n) is 16.3. The van der Waals surface area contributed by atoms with Crippen molar-refractivity contribution in [3.05, 3.63) is 99.1 Å². The standard InChI is InChI=1S/C47H52O9/c1-3-4-5-12-38-36(27-48)20-33(23-42(38)51)30-13-14-31-25-45(52)55-43-26-41(50)35(22-39(31)43)24-44-47(2,54)37-15-16-40(49)34(21-37)18-29-10-6-8-28(17-29)9-7-11-32(19-30)46(53)56-44/h6,8,10-11,17,20,22-23,26,30-31,34,37,44,48,50-51,54H,3-5,7,9,12,15-16,18-19,21,24-25,27H2,1-2H3/b32-11-/t30-,31+,34-,37+,44+,47-/m0/s1. The van der Waals surface area contributed by atoms with Crippen LogP contribution in [0.4, 0.5) is 0 Å². The summed E-state index contributed by atoms with van der Waals surface area (Å²) in [5.41, 5.74) is 3.74. The highest BCUT2D eigenvalue weighted by Crippen LogP contribution is 2.44. The molecule has 3 aliphatic heterocycles. The van der Waals surface area contributed by atoms with Gasteiger partial charge in [-0.25, -0.2) is 4.79 Å². The number of carbonyl (C=O) groups is 3. The van der Waals surface area contributed by atoms with E-state index in [2.05, 4.69) is 24.8 Å². The molecule has 3 aromatic carbocycles. The summed E-state index contributed by atoms with van der Waals surface area (Å²) in [6.07, 6.45) is 7.03. The Morgan fingerprint density at radius 2 is 1.70 bits per heavy atom. The lowest BCUT2D eigenvalue weighted by molar-refractivity contribution is -0.170. The molecule has 294 valence electrons. The van der Waals surface area contributed by atoms with Gasteiger partial charge in [0, 0.05) is 41.9 Å². The van der Waals surface area contributed by atoms with E-state index in [4.69, 9.17) is 9.47 Å². The highest BCUT2D eigenvalue weighted by Gasteiger charge is 2.46. The Morgan fingerprint density at radius 3 is 2.50 bits per heavy atom. The molecule has 9 heteroatoms. The summed E-state index contributed by atoms with van der Waals surface area (Å²) in [6, 6.07) is 14.8. The van der Waals surface area contributed by atoms with Gasteiger partial charge < -0.3 is 29.9 Å². The fourth-order valence-electron chi connectivity index (χ4n) is 9.06. The number of hydrogen-bond donors (Lipinski definition) is 4. The quantitative estimate of drug-likeness (QED) is 0.0885. The van der Waals surface area contributed by atoms with Crippen molar-refractivity contribution < 1.29 is 44.3 Å². The van der Waals surface area contributed by atoms with Gasteiger partial charge in [0.05, 0.1) is 18.9 Å². The number of aryl methyl sites for hydroxylation is 1. The molecule has 1 fully saturated rings. The minimum absolute atomic E-state index is 0.0315. The molecule has 0 radical (unpaired) electrons. The summed E-state index contributed by atoms with van der Waals surface area (Å²) in [5, 5.41) is 45.7. The van der Waals surface area contributed by atoms with Crippen LogP contribution in [0.15, 0.2) is 60.2 Å². The van der Waals surface area contributed by atoms with Crippen molar-refractivity contribution >= 4 is 17.7 Å². The number of rotatable bonds is 6. The Bertz CT molecular complexity index is 2100. The number of hydrogen-bond acceptors (Lipinski definition) is 9. The molecular weight excluding hydrogens is 709 g/mol. The largest absolute Gasteiger partial charge is 0.508 e. The molecule has 8 bridgehead atoms. The minimum Gasteiger partial charge on any atom is -0.508 e. The average Bonchev–Trinajstić information content (AvgIpc) is 3.17. The number of unbranched alkanes of at least 4 members (excludes halogenated alkanes) is 2. The molecule has 6 atom stereocenters. The van der Waals surface area contributed by atoms with Crippen LogP contribution in [0.2, 0.25) is 0 Å². The third-order valence-corrected chi connectivity index (χ3v) is 12.4. The maximum absolute atomic E-state index is 14.6. The summed E-state index contributed by atoms with van der Waals surface area (Å²) in [6.45, 7) is 3.48. The van der Waals surface area contributed by atoms with Crippen molar-refractivity contribution in [1.82, 2.24) is 0 Å². The van der Waals surface area contributed by atoms with E-state index in [1.54, 1.807) is 19.1 Å². The van der Waals surface area contributed by atoms with Crippen molar-refractivity contribution in [3.63, 3.8) is 0 Å². The molecule has 7 rings (SSSR count). The lowest BCUT2D eigenvalue weighted by atomic mass is 9.68. The van der Waals surface area contributed by atoms with Crippen molar-refractivity contribution in [3.8, 4) is 29.1 Å². The maximum Gasteiger partial charge on any atom is 0.334 e. The Hall–Kier alpha value is -4.91. The molecule has 0 spiro atoms. The zero-order chi connectivity index (χ0) is 39.6. The van der Waals surface area contributed by atoms with E-state index in [1.807, 2.05) is 30.3 Å². The number of aliphatic hydroxyl groups is 2. The van der Waals surface area contributed by atoms with Crippen LogP contribution in [0, 0.1) is 23.7 Å². The Kier molecular flexibility index (Phi) is 11.7. The number of Topliss-reactive ketones (excluding diaryl/α,β-unsaturated/α-hetero) is 1. The number of benzene rings is 3. The SMILES string of the molecule is CCCCCc1c(O)cc([C@H]2C#C[C@@H]3CC(=O)Oc4cc(O)c(cc43)C[C@H]3OC(=O)/C(=C\CCc4cccc(c4)C[C@H]4C[C@@H](CCC4=O)[C@]3(C)O)C2)cc1CO. The van der Waals surface area contributed by atoms with Gasteiger partial charge in [-0.05, 0) is 110 Å². The predicted molar refractivity (Wildman–Crippen MR) is 210 cm³/mol. The zero-order valence-corrected chi connectivity index (χ0v) is 32.3. The van der Waals surface area contributed by atoms with Crippen LogP contribution in [0.5, 0.6) is 17.2 Å². The van der Waals surface area contributed by atoms with E-state index in [9.17, 15) is 34.8 Å². The van der Waals surface area contributed by atoms with Crippen LogP contribution in [-0.2, 0) is 51.4 Å². The van der Waals surface area contributed by atoms with Crippen LogP contribution < -0.4 is 4.74 Å². The molecule has 4 aliphatic rings. The molecule has 4 N–H and O–H groups in total. The molecule has 1 aliphatic carbocycles. The van der Waals surface area contributed by atoms with Crippen molar-refractivity contribution in [2.75, 3.05) is 0 Å². The maximum atomic E-state index is 14.6. The fraction of sp³-hybridized carbons (Fsp3) is 0.468. The molecule has 1 saturated carbocycles. The van der Waals surface area contributed by atoms with E-state index in [0.29, 0.717) is 78.3 Å². The van der Waals surface area contributed by atoms with Crippen LogP contribution in [-0.4, -0.2) is 49.9 Å². The van der Waals surface area contributed by atoms with E-state index in [0.717, 1.165) is 30.4 Å². The molecule has 0 amide bonds. The van der Waals surface area contributed by atoms with Gasteiger partial charge >= 0.3 is 11.9 Å². The second-order valence-corrected chi connectivity index (χ2v) is 16.3. The number of esters is 2. The molecule has 9 nitrogen and oxygen atoms in total. The number of carbonyl (C=O) groups excluding carboxylic acids is 3. The lowest BCUT2D eigenvalue weighted by Gasteiger charge is -2.42. The highest BCUT2D eigenvalue weighted by molar-refractivity contribution is 5.89. The smallest absolute Gasteiger partial charge is 0.334 e. The first-order valence-corrected chi connectivity index (χ1v) is 20.2. The fourth-order valence-corrected chi connectivity index (χ4v) is 9.06. The van der Waals surface area contributed by atoms with E-state index < -0.39 is 35.5 Å². The monoisotopic (exact) mass is 760 g/mol. The van der Waals surface area contributed by atoms with E-state index in [-0.39, 0.29) is 60.7 Å². The molecule has 56 heavy (non-hydrogen) atoms. The highest BCUT2D eigenvalue weighted by atomic mass is 16.6. The number of fused-ring (bicyclic) bond motifs is 8. The first-order valence-electron chi connectivity index (χ1n) is 20.2. The lowest BCUT2D eigenvalue weighted by Crippen LogP contribution is -2.52. The number of aromatic hydroxyl groups is 2. The molecule has 0 aromatic heterocycles. The molecule has 3 aromatic rings. The van der Waals surface area contributed by atoms with Gasteiger partial charge in [-0.2, -0.15) is 0 Å². The Balaban J connectivity index is 1.38. The molecular formula is C47H52O9. The van der Waals surface area contributed by atoms with Crippen LogP contribution in [0.3, 0.4) is 0 Å². The zero-order valence-electron chi connectivity index (χ0n) is 32.3. The van der Waals surface area contributed by atoms with Crippen LogP contribution in [0.25, 0.3) is 0 Å². The minimum atomic E-state index is -1.60. The topological polar surface area (TPSA) is 151 Å². The summed E-state index contributed by atoms with van der Waals surface area (Å²) in [7, 11) is 0. The molecule has 3 heterocycles. The van der Waals surface area contributed by atoms with Gasteiger partial charge in [0.15, 0.2) is 0 Å². The van der Waals surface area contributed by atoms with E-state index in [1.165, 1.54) is 6.07 Å². The average molecular weight is 761 g/mol. The van der Waals surface area contributed by atoms with Gasteiger partial charge in [-0.1, -0.05) is 68.0 Å². The summed E-state index contributed by atoms with van der Waals surface area (Å²) >= 11 is 0. The van der Waals surface area contributed by atoms with Gasteiger partial charge in [-0.3, -0.25) is 9.59 Å².